The van der Waals surface area contributed by atoms with Gasteiger partial charge >= 0.3 is 30.1 Å². The molecule has 107 heavy (non-hydrogen) atoms. The second-order valence-corrected chi connectivity index (χ2v) is 28.9. The first-order chi connectivity index (χ1) is 51.4. The number of thiophene rings is 3. The summed E-state index contributed by atoms with van der Waals surface area (Å²) in [6, 6.07) is 76.7. The minimum Gasteiger partial charge on any atom is -0.480 e. The topological polar surface area (TPSA) is 162 Å². The fraction of sp³-hybridized carbons (Fsp3) is 0.182. The first-order valence-electron chi connectivity index (χ1n) is 34.4. The number of hydrogen-bond acceptors (Lipinski definition) is 11. The van der Waals surface area contributed by atoms with Gasteiger partial charge in [0.25, 0.3) is 0 Å². The number of benzene rings is 8. The zero-order valence-electron chi connectivity index (χ0n) is 60.3. The lowest BCUT2D eigenvalue weighted by Gasteiger charge is -2.14. The molecule has 8 aromatic carbocycles. The zero-order valence-corrected chi connectivity index (χ0v) is 63.5. The van der Waals surface area contributed by atoms with Crippen LogP contribution in [-0.4, -0.2) is 144 Å². The molecular formula is C88H86ClF3N4O8S3. The molecule has 0 atom stereocenters. The van der Waals surface area contributed by atoms with Crippen LogP contribution in [0.3, 0.4) is 0 Å². The summed E-state index contributed by atoms with van der Waals surface area (Å²) in [4.78, 5) is 51.4. The van der Waals surface area contributed by atoms with E-state index in [4.69, 9.17) is 32.0 Å². The molecule has 0 aliphatic carbocycles. The Kier molecular flexibility index (Phi) is 31.9. The Hall–Kier alpha value is -10.4. The third-order valence-electron chi connectivity index (χ3n) is 16.9. The highest BCUT2D eigenvalue weighted by atomic mass is 35.5. The Morgan fingerprint density at radius 2 is 0.729 bits per heavy atom. The first-order valence-corrected chi connectivity index (χ1v) is 37.4. The van der Waals surface area contributed by atoms with Crippen molar-refractivity contribution in [3.05, 3.63) is 342 Å². The number of carbonyl (C=O) groups is 4. The number of alkyl halides is 3. The molecule has 0 radical (unpaired) electrons. The van der Waals surface area contributed by atoms with Crippen LogP contribution in [0.5, 0.6) is 0 Å². The smallest absolute Gasteiger partial charge is 0.416 e. The highest BCUT2D eigenvalue weighted by Gasteiger charge is 2.30. The fourth-order valence-electron chi connectivity index (χ4n) is 11.4. The lowest BCUT2D eigenvalue weighted by atomic mass is 9.95. The molecule has 0 fully saturated rings. The summed E-state index contributed by atoms with van der Waals surface area (Å²) in [6.07, 6.45) is 3.82. The molecule has 19 heteroatoms. The summed E-state index contributed by atoms with van der Waals surface area (Å²) >= 11 is 10.9. The molecule has 0 bridgehead atoms. The molecule has 0 aliphatic heterocycles. The summed E-state index contributed by atoms with van der Waals surface area (Å²) in [5.74, 6) is -2.85. The predicted molar refractivity (Wildman–Crippen MR) is 434 cm³/mol. The van der Waals surface area contributed by atoms with Gasteiger partial charge in [-0.1, -0.05) is 250 Å². The summed E-state index contributed by atoms with van der Waals surface area (Å²) < 4.78 is 39.7. The van der Waals surface area contributed by atoms with Crippen molar-refractivity contribution < 1.29 is 52.8 Å². The van der Waals surface area contributed by atoms with E-state index in [2.05, 4.69) is 175 Å². The maximum Gasteiger partial charge on any atom is 0.416 e. The normalized spacial score (nSPS) is 12.0. The highest BCUT2D eigenvalue weighted by molar-refractivity contribution is 7.17. The molecule has 0 amide bonds. The second-order valence-electron chi connectivity index (χ2n) is 25.6. The maximum absolute atomic E-state index is 13.0. The summed E-state index contributed by atoms with van der Waals surface area (Å²) in [6.45, 7) is 6.51. The predicted octanol–water partition coefficient (Wildman–Crippen LogP) is 20.5. The van der Waals surface area contributed by atoms with Gasteiger partial charge < -0.3 is 20.4 Å². The highest BCUT2D eigenvalue weighted by Crippen LogP contribution is 2.37. The Bertz CT molecular complexity index is 4720. The van der Waals surface area contributed by atoms with Crippen molar-refractivity contribution in [2.24, 2.45) is 0 Å². The van der Waals surface area contributed by atoms with Gasteiger partial charge in [-0.05, 0) is 192 Å². The van der Waals surface area contributed by atoms with E-state index in [-0.39, 0.29) is 26.2 Å². The third kappa shape index (κ3) is 26.9. The minimum atomic E-state index is -4.40. The first kappa shape index (κ1) is 82.3. The second kappa shape index (κ2) is 41.5. The van der Waals surface area contributed by atoms with E-state index in [0.29, 0.717) is 47.6 Å². The zero-order chi connectivity index (χ0) is 76.8. The van der Waals surface area contributed by atoms with Crippen LogP contribution in [-0.2, 0) is 25.4 Å². The lowest BCUT2D eigenvalue weighted by Crippen LogP contribution is -2.25. The Morgan fingerprint density at radius 3 is 1.10 bits per heavy atom. The van der Waals surface area contributed by atoms with Gasteiger partial charge in [0.15, 0.2) is 0 Å². The number of rotatable bonds is 28. The summed E-state index contributed by atoms with van der Waals surface area (Å²) in [5, 5.41) is 44.1. The summed E-state index contributed by atoms with van der Waals surface area (Å²) in [5.41, 5.74) is 18.5. The minimum absolute atomic E-state index is 0.0194. The van der Waals surface area contributed by atoms with Crippen molar-refractivity contribution in [3.63, 3.8) is 0 Å². The average molecular weight is 1520 g/mol. The van der Waals surface area contributed by atoms with Gasteiger partial charge in [0, 0.05) is 31.1 Å². The third-order valence-corrected chi connectivity index (χ3v) is 19.5. The maximum atomic E-state index is 13.0. The molecule has 0 saturated carbocycles. The Morgan fingerprint density at radius 1 is 0.383 bits per heavy atom. The van der Waals surface area contributed by atoms with Crippen molar-refractivity contribution in [2.45, 2.75) is 25.9 Å². The van der Waals surface area contributed by atoms with Crippen molar-refractivity contribution >= 4 is 91.8 Å². The van der Waals surface area contributed by atoms with E-state index in [1.54, 1.807) is 73.6 Å². The quantitative estimate of drug-likeness (QED) is 0.0368. The molecule has 0 unspecified atom stereocenters. The van der Waals surface area contributed by atoms with Gasteiger partial charge in [-0.3, -0.25) is 38.8 Å². The van der Waals surface area contributed by atoms with Crippen LogP contribution in [0.1, 0.15) is 74.7 Å². The van der Waals surface area contributed by atoms with Crippen molar-refractivity contribution in [1.82, 2.24) is 19.6 Å². The monoisotopic (exact) mass is 1510 g/mol. The van der Waals surface area contributed by atoms with E-state index in [1.807, 2.05) is 100 Å². The van der Waals surface area contributed by atoms with Crippen LogP contribution in [0.2, 0.25) is 4.34 Å². The molecule has 12 nitrogen and oxygen atoms in total. The standard InChI is InChI=1S/C24H23NO2.C23H19ClF3NO2S.C22H21NO2S.C19H23NO2S/c1-25(18-24(26)27)17-16-23(21-10-6-3-7-11-21)22-14-12-20(13-15-22)19-8-4-2-5-9-19;1-28(14-22(29)30)12-11-19(20-9-10-21(24)31-20)16-7-5-15(6-8-16)17-3-2-4-18(13-17)23(25,26)27;1-23(15-22(24)25)13-11-21(18-5-3-2-4-6-18)19-9-7-17(8-10-19)20-12-14-26-16-20;1-14(2)15-4-6-16(7-5-15)18(17-9-11-23-13-17)8-10-20(3)12-19(21)22/h2-16H,17-18H2,1H3,(H,26,27);2-11,13H,12,14H2,1H3,(H,29,30);2-12,14,16H,13,15H2,1H3,(H,24,25);4-9,11,13-14H,10,12H2,1-3H3,(H,21,22)/b23-16+;19-11-;21-11+;18-8-. The van der Waals surface area contributed by atoms with Crippen molar-refractivity contribution in [2.75, 3.05) is 80.5 Å². The van der Waals surface area contributed by atoms with Crippen LogP contribution in [0, 0.1) is 0 Å². The number of aliphatic carboxylic acids is 4. The molecule has 11 rings (SSSR count). The molecule has 4 N–H and O–H groups in total. The van der Waals surface area contributed by atoms with E-state index < -0.39 is 35.6 Å². The Balaban J connectivity index is 0.000000181. The number of carboxylic acid groups (broad SMARTS) is 4. The largest absolute Gasteiger partial charge is 0.480 e. The Labute approximate surface area is 641 Å². The van der Waals surface area contributed by atoms with Gasteiger partial charge in [-0.2, -0.15) is 35.8 Å². The number of halogens is 4. The molecule has 11 aromatic rings. The lowest BCUT2D eigenvalue weighted by molar-refractivity contribution is -0.138. The van der Waals surface area contributed by atoms with Gasteiger partial charge in [-0.25, -0.2) is 0 Å². The van der Waals surface area contributed by atoms with Crippen LogP contribution >= 0.6 is 45.6 Å². The number of nitrogens with zero attached hydrogens (tertiary/aromatic N) is 4. The van der Waals surface area contributed by atoms with E-state index in [0.717, 1.165) is 72.7 Å². The van der Waals surface area contributed by atoms with Crippen molar-refractivity contribution in [1.29, 1.82) is 0 Å². The molecular weight excluding hydrogens is 1430 g/mol. The molecule has 3 heterocycles. The van der Waals surface area contributed by atoms with Gasteiger partial charge in [0.05, 0.1) is 36.1 Å². The van der Waals surface area contributed by atoms with Crippen LogP contribution < -0.4 is 0 Å². The molecule has 552 valence electrons. The SMILES string of the molecule is CC(C)c1ccc(/C(=C/CN(C)CC(=O)O)c2ccsc2)cc1.CN(C/C=C(/c1ccc(-c2cccc(C(F)(F)F)c2)cc1)c1ccc(Cl)s1)CC(=O)O.CN(C/C=C(\c1ccccc1)c1ccc(-c2ccccc2)cc1)CC(=O)O.CN(C/C=C(\c1ccccc1)c1ccc(-c2ccsc2)cc1)CC(=O)O. The number of likely N-dealkylation sites (N-methyl/N-ethyl adjacent to an activating group) is 4. The molecule has 0 saturated heterocycles. The van der Waals surface area contributed by atoms with Gasteiger partial charge in [0.1, 0.15) is 0 Å². The summed E-state index contributed by atoms with van der Waals surface area (Å²) in [7, 11) is 7.15. The van der Waals surface area contributed by atoms with Crippen LogP contribution in [0.25, 0.3) is 55.7 Å². The number of hydrogen-bond donors (Lipinski definition) is 4. The van der Waals surface area contributed by atoms with Gasteiger partial charge in [-0.15, -0.1) is 11.3 Å². The molecule has 0 spiro atoms. The van der Waals surface area contributed by atoms with Gasteiger partial charge in [0.2, 0.25) is 0 Å². The van der Waals surface area contributed by atoms with E-state index in [1.165, 1.54) is 50.8 Å². The fourth-order valence-corrected chi connectivity index (χ4v) is 13.8. The number of carboxylic acids is 4. The van der Waals surface area contributed by atoms with Crippen LogP contribution in [0.4, 0.5) is 13.2 Å². The van der Waals surface area contributed by atoms with E-state index in [9.17, 15) is 32.3 Å². The average Bonchev–Trinajstić information content (AvgIpc) is 1.81. The molecule has 3 aromatic heterocycles. The van der Waals surface area contributed by atoms with Crippen LogP contribution in [0.15, 0.2) is 282 Å². The van der Waals surface area contributed by atoms with E-state index >= 15 is 0 Å². The van der Waals surface area contributed by atoms with Crippen molar-refractivity contribution in [3.8, 4) is 33.4 Å². The molecule has 0 aliphatic rings.